The number of hydrogen-bond acceptors (Lipinski definition) is 4. The second-order valence-corrected chi connectivity index (χ2v) is 6.93. The molecule has 2 heterocycles. The molecule has 0 aromatic carbocycles. The van der Waals surface area contributed by atoms with Crippen molar-refractivity contribution < 1.29 is 8.42 Å². The summed E-state index contributed by atoms with van der Waals surface area (Å²) in [6.07, 6.45) is 5.42. The summed E-state index contributed by atoms with van der Waals surface area (Å²) in [6.45, 7) is 1.00. The van der Waals surface area contributed by atoms with Gasteiger partial charge in [0.05, 0.1) is 16.6 Å². The van der Waals surface area contributed by atoms with Gasteiger partial charge < -0.3 is 5.32 Å². The van der Waals surface area contributed by atoms with Crippen LogP contribution in [0.4, 0.5) is 5.69 Å². The lowest BCUT2D eigenvalue weighted by Crippen LogP contribution is -2.18. The average Bonchev–Trinajstić information content (AvgIpc) is 3.06. The maximum absolute atomic E-state index is 11.8. The number of hydrogen-bond donors (Lipinski definition) is 2. The predicted octanol–water partition coefficient (Wildman–Crippen LogP) is 1.41. The zero-order chi connectivity index (χ0) is 12.6. The molecule has 98 valence electrons. The summed E-state index contributed by atoms with van der Waals surface area (Å²) in [5, 5.41) is 3.16. The Balaban J connectivity index is 1.78. The molecule has 3 rings (SSSR count). The Morgan fingerprint density at radius 2 is 2.17 bits per heavy atom. The molecule has 5 nitrogen and oxygen atoms in total. The second kappa shape index (κ2) is 4.51. The number of rotatable bonds is 4. The van der Waals surface area contributed by atoms with E-state index in [9.17, 15) is 8.42 Å². The molecule has 1 saturated carbocycles. The maximum atomic E-state index is 11.8. The Hall–Kier alpha value is -1.14. The number of nitrogens with one attached hydrogen (secondary N) is 2. The van der Waals surface area contributed by atoms with Gasteiger partial charge in [-0.2, -0.15) is 0 Å². The number of anilines is 1. The van der Waals surface area contributed by atoms with Crippen molar-refractivity contribution in [1.82, 2.24) is 10.3 Å². The van der Waals surface area contributed by atoms with Gasteiger partial charge in [-0.25, -0.2) is 8.42 Å². The van der Waals surface area contributed by atoms with Crippen molar-refractivity contribution in [3.8, 4) is 0 Å². The first kappa shape index (κ1) is 11.9. The van der Waals surface area contributed by atoms with E-state index in [4.69, 9.17) is 0 Å². The van der Waals surface area contributed by atoms with E-state index >= 15 is 0 Å². The Labute approximate surface area is 107 Å². The van der Waals surface area contributed by atoms with Crippen LogP contribution in [0, 0.1) is 0 Å². The van der Waals surface area contributed by atoms with E-state index in [1.165, 1.54) is 0 Å². The minimum Gasteiger partial charge on any atom is -0.309 e. The topological polar surface area (TPSA) is 71.1 Å². The minimum absolute atomic E-state index is 0.196. The summed E-state index contributed by atoms with van der Waals surface area (Å²) in [6, 6.07) is 3.80. The lowest BCUT2D eigenvalue weighted by Gasteiger charge is -2.12. The van der Waals surface area contributed by atoms with Crippen LogP contribution in [0.25, 0.3) is 0 Å². The normalized spacial score (nSPS) is 24.1. The van der Waals surface area contributed by atoms with Gasteiger partial charge in [0.1, 0.15) is 0 Å². The largest absolute Gasteiger partial charge is 0.309 e. The highest BCUT2D eigenvalue weighted by atomic mass is 32.2. The van der Waals surface area contributed by atoms with Gasteiger partial charge in [0, 0.05) is 12.2 Å². The molecular formula is C12H17N3O2S. The molecular weight excluding hydrogens is 250 g/mol. The maximum Gasteiger partial charge on any atom is 0.235 e. The van der Waals surface area contributed by atoms with Crippen molar-refractivity contribution in [3.05, 3.63) is 24.0 Å². The molecule has 0 spiro atoms. The van der Waals surface area contributed by atoms with Crippen molar-refractivity contribution in [2.75, 3.05) is 11.3 Å². The number of nitrogens with zero attached hydrogens (tertiary/aromatic N) is 1. The highest BCUT2D eigenvalue weighted by molar-refractivity contribution is 7.93. The van der Waals surface area contributed by atoms with Crippen molar-refractivity contribution in [1.29, 1.82) is 0 Å². The summed E-state index contributed by atoms with van der Waals surface area (Å²) in [5.74, 6) is 0. The zero-order valence-electron chi connectivity index (χ0n) is 10.1. The summed E-state index contributed by atoms with van der Waals surface area (Å²) >= 11 is 0. The molecule has 1 saturated heterocycles. The van der Waals surface area contributed by atoms with Crippen LogP contribution in [0.1, 0.15) is 37.4 Å². The molecule has 2 N–H and O–H groups in total. The molecule has 1 aliphatic carbocycles. The number of sulfonamides is 1. The highest BCUT2D eigenvalue weighted by Crippen LogP contribution is 2.30. The van der Waals surface area contributed by atoms with E-state index in [1.807, 2.05) is 6.07 Å². The molecule has 1 aromatic rings. The third-order valence-electron chi connectivity index (χ3n) is 3.42. The van der Waals surface area contributed by atoms with Gasteiger partial charge in [0.15, 0.2) is 0 Å². The molecule has 18 heavy (non-hydrogen) atoms. The van der Waals surface area contributed by atoms with E-state index < -0.39 is 10.0 Å². The van der Waals surface area contributed by atoms with Gasteiger partial charge in [0.2, 0.25) is 10.0 Å². The third kappa shape index (κ3) is 2.49. The number of aromatic nitrogens is 1. The lowest BCUT2D eigenvalue weighted by atomic mass is 10.1. The van der Waals surface area contributed by atoms with Gasteiger partial charge in [0.25, 0.3) is 0 Å². The fraction of sp³-hybridized carbons (Fsp3) is 0.583. The molecule has 6 heteroatoms. The van der Waals surface area contributed by atoms with Crippen molar-refractivity contribution in [2.45, 2.75) is 37.0 Å². The van der Waals surface area contributed by atoms with Crippen LogP contribution in [0.15, 0.2) is 18.3 Å². The minimum atomic E-state index is -3.18. The first-order valence-corrected chi connectivity index (χ1v) is 7.91. The fourth-order valence-electron chi connectivity index (χ4n) is 2.27. The van der Waals surface area contributed by atoms with Crippen LogP contribution < -0.4 is 10.0 Å². The van der Waals surface area contributed by atoms with Gasteiger partial charge in [-0.15, -0.1) is 0 Å². The van der Waals surface area contributed by atoms with Crippen molar-refractivity contribution in [2.24, 2.45) is 0 Å². The average molecular weight is 267 g/mol. The van der Waals surface area contributed by atoms with Gasteiger partial charge in [-0.1, -0.05) is 0 Å². The van der Waals surface area contributed by atoms with Gasteiger partial charge in [-0.3, -0.25) is 9.71 Å². The molecule has 0 radical (unpaired) electrons. The zero-order valence-corrected chi connectivity index (χ0v) is 10.9. The summed E-state index contributed by atoms with van der Waals surface area (Å²) < 4.78 is 26.3. The van der Waals surface area contributed by atoms with E-state index in [1.54, 1.807) is 12.3 Å². The van der Waals surface area contributed by atoms with E-state index in [0.29, 0.717) is 5.69 Å². The van der Waals surface area contributed by atoms with Crippen LogP contribution >= 0.6 is 0 Å². The Kier molecular flexibility index (Phi) is 2.99. The molecule has 2 aliphatic rings. The van der Waals surface area contributed by atoms with Gasteiger partial charge in [-0.05, 0) is 44.4 Å². The molecule has 0 amide bonds. The molecule has 2 fully saturated rings. The summed E-state index contributed by atoms with van der Waals surface area (Å²) in [5.41, 5.74) is 1.55. The lowest BCUT2D eigenvalue weighted by molar-refractivity contribution is 0.600. The molecule has 1 atom stereocenters. The molecule has 0 unspecified atom stereocenters. The fourth-order valence-corrected chi connectivity index (χ4v) is 3.64. The van der Waals surface area contributed by atoms with E-state index in [2.05, 4.69) is 15.0 Å². The standard InChI is InChI=1S/C12H17N3O2S/c16-18(17,10-3-4-10)15-9-5-7-14-12(8-9)11-2-1-6-13-11/h5,7-8,10-11,13H,1-4,6H2,(H,14,15)/t11-/m1/s1. The molecule has 1 aliphatic heterocycles. The smallest absolute Gasteiger partial charge is 0.235 e. The van der Waals surface area contributed by atoms with Crippen LogP contribution in [0.2, 0.25) is 0 Å². The van der Waals surface area contributed by atoms with Crippen molar-refractivity contribution >= 4 is 15.7 Å². The quantitative estimate of drug-likeness (QED) is 0.865. The summed E-state index contributed by atoms with van der Waals surface area (Å²) in [7, 11) is -3.18. The monoisotopic (exact) mass is 267 g/mol. The van der Waals surface area contributed by atoms with Gasteiger partial charge >= 0.3 is 0 Å². The van der Waals surface area contributed by atoms with E-state index in [-0.39, 0.29) is 11.3 Å². The van der Waals surface area contributed by atoms with E-state index in [0.717, 1.165) is 37.9 Å². The second-order valence-electron chi connectivity index (χ2n) is 4.96. The Bertz CT molecular complexity index is 534. The Morgan fingerprint density at radius 1 is 1.33 bits per heavy atom. The SMILES string of the molecule is O=S(=O)(Nc1ccnc([C@H]2CCCN2)c1)C1CC1. The Morgan fingerprint density at radius 3 is 2.83 bits per heavy atom. The van der Waals surface area contributed by atoms with Crippen LogP contribution in [-0.2, 0) is 10.0 Å². The molecule has 0 bridgehead atoms. The van der Waals surface area contributed by atoms with Crippen molar-refractivity contribution in [3.63, 3.8) is 0 Å². The number of pyridine rings is 1. The predicted molar refractivity (Wildman–Crippen MR) is 69.8 cm³/mol. The van der Waals surface area contributed by atoms with Crippen LogP contribution in [0.3, 0.4) is 0 Å². The summed E-state index contributed by atoms with van der Waals surface area (Å²) in [4.78, 5) is 4.31. The van der Waals surface area contributed by atoms with Crippen LogP contribution in [0.5, 0.6) is 0 Å². The first-order valence-electron chi connectivity index (χ1n) is 6.36. The molecule has 1 aromatic heterocycles. The van der Waals surface area contributed by atoms with Crippen LogP contribution in [-0.4, -0.2) is 25.2 Å². The first-order chi connectivity index (χ1) is 8.65. The highest BCUT2D eigenvalue weighted by Gasteiger charge is 2.35. The third-order valence-corrected chi connectivity index (χ3v) is 5.29.